The highest BCUT2D eigenvalue weighted by molar-refractivity contribution is 5.73. The van der Waals surface area contributed by atoms with Gasteiger partial charge >= 0.3 is 5.97 Å². The molecule has 32 heavy (non-hydrogen) atoms. The quantitative estimate of drug-likeness (QED) is 0.381. The maximum absolute atomic E-state index is 11.3. The third-order valence-electron chi connectivity index (χ3n) is 7.05. The van der Waals surface area contributed by atoms with Crippen molar-refractivity contribution in [3.63, 3.8) is 0 Å². The highest BCUT2D eigenvalue weighted by Gasteiger charge is 2.54. The first kappa shape index (κ1) is 21.6. The fraction of sp³-hybridized carbons (Fsp3) is 0.591. The Labute approximate surface area is 184 Å². The lowest BCUT2D eigenvalue weighted by Crippen LogP contribution is -2.61. The minimum absolute atomic E-state index is 0.0837. The van der Waals surface area contributed by atoms with Gasteiger partial charge in [0.15, 0.2) is 23.9 Å². The summed E-state index contributed by atoms with van der Waals surface area (Å²) >= 11 is 0. The number of carboxylic acids is 1. The van der Waals surface area contributed by atoms with Gasteiger partial charge in [-0.3, -0.25) is 0 Å². The second-order valence-corrected chi connectivity index (χ2v) is 9.09. The molecule has 0 saturated carbocycles. The van der Waals surface area contributed by atoms with Gasteiger partial charge in [0.1, 0.15) is 24.4 Å². The number of ether oxygens (including phenoxy) is 3. The van der Waals surface area contributed by atoms with Crippen molar-refractivity contribution >= 4 is 5.97 Å². The summed E-state index contributed by atoms with van der Waals surface area (Å²) in [5.41, 5.74) is 1.65. The number of hydrogen-bond donors (Lipinski definition) is 5. The number of phenols is 1. The molecule has 8 unspecified atom stereocenters. The highest BCUT2D eigenvalue weighted by Crippen LogP contribution is 2.55. The smallest absolute Gasteiger partial charge is 0.335 e. The topological polar surface area (TPSA) is 149 Å². The minimum atomic E-state index is -1.77. The van der Waals surface area contributed by atoms with Gasteiger partial charge in [-0.15, -0.1) is 0 Å². The van der Waals surface area contributed by atoms with Gasteiger partial charge in [0.25, 0.3) is 0 Å². The lowest BCUT2D eigenvalue weighted by Gasteiger charge is -2.42. The van der Waals surface area contributed by atoms with Crippen molar-refractivity contribution in [2.24, 2.45) is 0 Å². The summed E-state index contributed by atoms with van der Waals surface area (Å²) < 4.78 is 17.3. The van der Waals surface area contributed by atoms with E-state index in [1.807, 2.05) is 25.3 Å². The first-order valence-electron chi connectivity index (χ1n) is 10.7. The van der Waals surface area contributed by atoms with E-state index in [1.54, 1.807) is 6.07 Å². The molecular weight excluding hydrogens is 422 g/mol. The number of nitrogens with zero attached hydrogens (tertiary/aromatic N) is 1. The Morgan fingerprint density at radius 1 is 1.22 bits per heavy atom. The summed E-state index contributed by atoms with van der Waals surface area (Å²) in [6.07, 6.45) is -4.21. The number of benzene rings is 1. The number of carbonyl (C=O) groups is 1. The van der Waals surface area contributed by atoms with E-state index in [0.717, 1.165) is 30.6 Å². The van der Waals surface area contributed by atoms with Gasteiger partial charge in [-0.2, -0.15) is 0 Å². The molecule has 174 valence electrons. The van der Waals surface area contributed by atoms with Crippen LogP contribution in [0.4, 0.5) is 0 Å². The second-order valence-electron chi connectivity index (χ2n) is 9.09. The molecule has 5 N–H and O–H groups in total. The Morgan fingerprint density at radius 3 is 2.75 bits per heavy atom. The Hall–Kier alpha value is -2.21. The molecule has 0 radical (unpaired) electrons. The van der Waals surface area contributed by atoms with E-state index >= 15 is 0 Å². The van der Waals surface area contributed by atoms with Crippen LogP contribution in [-0.2, 0) is 26.2 Å². The number of phenolic OH excluding ortho intramolecular Hbond substituents is 1. The van der Waals surface area contributed by atoms with Crippen molar-refractivity contribution in [1.29, 1.82) is 0 Å². The molecule has 1 aromatic rings. The standard InChI is InChI=1S/C22H27NO9/c1-23-7-6-22-5-4-11(30-21-17(27)15(25)16(26)19(32-21)20(28)29)8-13(22)31-18-12(24)3-2-10(9-23)14(18)22/h2-5,11,13,15-17,19,21,24-27H,6-9H2,1H3,(H,28,29). The van der Waals surface area contributed by atoms with Crippen LogP contribution in [0.5, 0.6) is 11.5 Å². The van der Waals surface area contributed by atoms with Crippen LogP contribution in [0.3, 0.4) is 0 Å². The number of hydrogen-bond acceptors (Lipinski definition) is 9. The Morgan fingerprint density at radius 2 is 2.00 bits per heavy atom. The number of aliphatic hydroxyl groups is 3. The van der Waals surface area contributed by atoms with Crippen LogP contribution in [0.15, 0.2) is 24.3 Å². The van der Waals surface area contributed by atoms with Gasteiger partial charge in [0.05, 0.1) is 11.5 Å². The summed E-state index contributed by atoms with van der Waals surface area (Å²) in [4.78, 5) is 13.6. The molecular formula is C22H27NO9. The summed E-state index contributed by atoms with van der Waals surface area (Å²) in [7, 11) is 2.05. The predicted molar refractivity (Wildman–Crippen MR) is 108 cm³/mol. The number of carboxylic acid groups (broad SMARTS) is 1. The third kappa shape index (κ3) is 3.21. The van der Waals surface area contributed by atoms with Crippen molar-refractivity contribution in [1.82, 2.24) is 4.90 Å². The molecule has 10 nitrogen and oxygen atoms in total. The molecule has 3 heterocycles. The fourth-order valence-corrected chi connectivity index (χ4v) is 5.35. The summed E-state index contributed by atoms with van der Waals surface area (Å²) in [5.74, 6) is -0.901. The van der Waals surface area contributed by atoms with Crippen molar-refractivity contribution in [2.75, 3.05) is 13.6 Å². The van der Waals surface area contributed by atoms with Crippen molar-refractivity contribution in [2.45, 2.75) is 67.7 Å². The van der Waals surface area contributed by atoms with Crippen molar-refractivity contribution < 1.29 is 44.5 Å². The average Bonchev–Trinajstić information content (AvgIpc) is 3.02. The van der Waals surface area contributed by atoms with Crippen LogP contribution in [0.25, 0.3) is 0 Å². The Kier molecular flexibility index (Phi) is 5.19. The molecule has 4 aliphatic rings. The van der Waals surface area contributed by atoms with Gasteiger partial charge in [0.2, 0.25) is 0 Å². The molecule has 1 spiro atoms. The number of aromatic hydroxyl groups is 1. The van der Waals surface area contributed by atoms with E-state index in [0.29, 0.717) is 12.2 Å². The lowest BCUT2D eigenvalue weighted by molar-refractivity contribution is -0.302. The SMILES string of the molecule is CN1CCC23C=CC(OC4OC(C(=O)O)C(O)C(O)C4O)CC2Oc2c(O)ccc(c23)C1. The van der Waals surface area contributed by atoms with Crippen LogP contribution >= 0.6 is 0 Å². The molecule has 1 fully saturated rings. The first-order chi connectivity index (χ1) is 15.2. The highest BCUT2D eigenvalue weighted by atomic mass is 16.7. The van der Waals surface area contributed by atoms with Crippen LogP contribution in [-0.4, -0.2) is 92.9 Å². The molecule has 1 aliphatic carbocycles. The molecule has 8 atom stereocenters. The third-order valence-corrected chi connectivity index (χ3v) is 7.05. The summed E-state index contributed by atoms with van der Waals surface area (Å²) in [5, 5.41) is 49.8. The second kappa shape index (κ2) is 7.68. The van der Waals surface area contributed by atoms with E-state index in [-0.39, 0.29) is 11.9 Å². The zero-order valence-electron chi connectivity index (χ0n) is 17.5. The number of aliphatic hydroxyl groups excluding tert-OH is 3. The fourth-order valence-electron chi connectivity index (χ4n) is 5.35. The molecule has 0 bridgehead atoms. The molecule has 3 aliphatic heterocycles. The molecule has 0 amide bonds. The maximum Gasteiger partial charge on any atom is 0.335 e. The number of rotatable bonds is 3. The Balaban J connectivity index is 1.41. The average molecular weight is 449 g/mol. The van der Waals surface area contributed by atoms with Crippen LogP contribution in [0.2, 0.25) is 0 Å². The zero-order chi connectivity index (χ0) is 22.8. The summed E-state index contributed by atoms with van der Waals surface area (Å²) in [6, 6.07) is 3.56. The monoisotopic (exact) mass is 449 g/mol. The predicted octanol–water partition coefficient (Wildman–Crippen LogP) is -0.536. The van der Waals surface area contributed by atoms with E-state index in [1.165, 1.54) is 0 Å². The van der Waals surface area contributed by atoms with Crippen LogP contribution < -0.4 is 4.74 Å². The molecule has 1 aromatic carbocycles. The molecule has 5 rings (SSSR count). The maximum atomic E-state index is 11.3. The van der Waals surface area contributed by atoms with Crippen molar-refractivity contribution in [3.8, 4) is 11.5 Å². The minimum Gasteiger partial charge on any atom is -0.504 e. The van der Waals surface area contributed by atoms with Crippen molar-refractivity contribution in [3.05, 3.63) is 35.4 Å². The van der Waals surface area contributed by atoms with Crippen LogP contribution in [0, 0.1) is 0 Å². The van der Waals surface area contributed by atoms with Gasteiger partial charge < -0.3 is 44.6 Å². The van der Waals surface area contributed by atoms with Gasteiger partial charge in [0, 0.05) is 18.5 Å². The number of aliphatic carboxylic acids is 1. The lowest BCUT2D eigenvalue weighted by atomic mass is 9.69. The van der Waals surface area contributed by atoms with Gasteiger partial charge in [-0.1, -0.05) is 18.2 Å². The van der Waals surface area contributed by atoms with Crippen LogP contribution in [0.1, 0.15) is 24.0 Å². The summed E-state index contributed by atoms with van der Waals surface area (Å²) in [6.45, 7) is 1.58. The van der Waals surface area contributed by atoms with E-state index in [2.05, 4.69) is 4.90 Å². The molecule has 0 aromatic heterocycles. The largest absolute Gasteiger partial charge is 0.504 e. The molecule has 1 saturated heterocycles. The van der Waals surface area contributed by atoms with Gasteiger partial charge in [-0.25, -0.2) is 4.79 Å². The Bertz CT molecular complexity index is 952. The van der Waals surface area contributed by atoms with E-state index in [4.69, 9.17) is 14.2 Å². The van der Waals surface area contributed by atoms with E-state index < -0.39 is 48.2 Å². The first-order valence-corrected chi connectivity index (χ1v) is 10.7. The van der Waals surface area contributed by atoms with Gasteiger partial charge in [-0.05, 0) is 31.6 Å². The molecule has 10 heteroatoms. The normalized spacial score (nSPS) is 40.8. The zero-order valence-corrected chi connectivity index (χ0v) is 17.5. The van der Waals surface area contributed by atoms with E-state index in [9.17, 15) is 30.3 Å².